The van der Waals surface area contributed by atoms with E-state index >= 15 is 4.79 Å². The number of aliphatic hydroxyl groups is 1. The van der Waals surface area contributed by atoms with Crippen molar-refractivity contribution in [2.24, 2.45) is 50.7 Å². The molecule has 5 saturated carbocycles. The highest BCUT2D eigenvalue weighted by atomic mass is 16.7. The van der Waals surface area contributed by atoms with Gasteiger partial charge in [-0.2, -0.15) is 0 Å². The second kappa shape index (κ2) is 11.9. The van der Waals surface area contributed by atoms with Gasteiger partial charge in [-0.05, 0) is 118 Å². The van der Waals surface area contributed by atoms with Gasteiger partial charge in [0.15, 0.2) is 18.2 Å². The molecule has 5 aliphatic carbocycles. The molecule has 9 heteroatoms. The van der Waals surface area contributed by atoms with Crippen molar-refractivity contribution in [2.45, 2.75) is 169 Å². The summed E-state index contributed by atoms with van der Waals surface area (Å²) >= 11 is 0. The predicted molar refractivity (Wildman–Crippen MR) is 194 cm³/mol. The number of ether oxygens (including phenoxy) is 4. The quantitative estimate of drug-likeness (QED) is 0.327. The van der Waals surface area contributed by atoms with Gasteiger partial charge in [-0.15, -0.1) is 0 Å². The van der Waals surface area contributed by atoms with E-state index in [2.05, 4.69) is 58.3 Å². The number of rotatable bonds is 7. The molecule has 3 saturated heterocycles. The molecule has 8 aliphatic rings. The van der Waals surface area contributed by atoms with Gasteiger partial charge in [0.05, 0.1) is 24.4 Å². The molecule has 2 spiro atoms. The summed E-state index contributed by atoms with van der Waals surface area (Å²) in [6.45, 7) is 26.1. The van der Waals surface area contributed by atoms with Crippen molar-refractivity contribution in [1.82, 2.24) is 9.80 Å². The van der Waals surface area contributed by atoms with Gasteiger partial charge in [-0.25, -0.2) is 0 Å². The Bertz CT molecular complexity index is 1410. The highest BCUT2D eigenvalue weighted by Gasteiger charge is 2.85. The van der Waals surface area contributed by atoms with Crippen LogP contribution in [0.3, 0.4) is 0 Å². The summed E-state index contributed by atoms with van der Waals surface area (Å²) in [6, 6.07) is 1.22. The van der Waals surface area contributed by atoms with Crippen LogP contribution in [-0.4, -0.2) is 108 Å². The molecule has 0 bridgehead atoms. The van der Waals surface area contributed by atoms with E-state index in [1.165, 1.54) is 26.2 Å². The monoisotopic (exact) mass is 713 g/mol. The van der Waals surface area contributed by atoms with Crippen LogP contribution in [0.5, 0.6) is 0 Å². The van der Waals surface area contributed by atoms with Crippen molar-refractivity contribution >= 4 is 11.8 Å². The lowest BCUT2D eigenvalue weighted by atomic mass is 9.41. The normalized spacial score (nSPS) is 48.8. The van der Waals surface area contributed by atoms with Crippen LogP contribution in [0, 0.1) is 50.7 Å². The molecular weight excluding hydrogens is 644 g/mol. The number of hydrogen-bond acceptors (Lipinski definition) is 9. The van der Waals surface area contributed by atoms with Gasteiger partial charge in [-0.1, -0.05) is 34.6 Å². The minimum atomic E-state index is -1.28. The Hall–Kier alpha value is -1.10. The Balaban J connectivity index is 0.995. The van der Waals surface area contributed by atoms with E-state index in [9.17, 15) is 9.90 Å². The molecule has 0 aromatic carbocycles. The molecule has 3 heterocycles. The first kappa shape index (κ1) is 36.9. The van der Waals surface area contributed by atoms with Gasteiger partial charge in [0.25, 0.3) is 0 Å². The summed E-state index contributed by atoms with van der Waals surface area (Å²) in [5, 5.41) is 11.0. The number of carbonyl (C=O) groups excluding carboxylic acids is 2. The second-order valence-corrected chi connectivity index (χ2v) is 20.7. The number of likely N-dealkylation sites (tertiary alicyclic amines) is 1. The minimum absolute atomic E-state index is 0.0340. The molecule has 51 heavy (non-hydrogen) atoms. The highest BCUT2D eigenvalue weighted by molar-refractivity contribution is 5.93. The Kier molecular flexibility index (Phi) is 8.63. The molecule has 0 radical (unpaired) electrons. The van der Waals surface area contributed by atoms with Crippen molar-refractivity contribution in [2.75, 3.05) is 32.8 Å². The zero-order valence-electron chi connectivity index (χ0n) is 33.3. The molecule has 8 rings (SSSR count). The van der Waals surface area contributed by atoms with Crippen LogP contribution >= 0.6 is 0 Å². The van der Waals surface area contributed by atoms with Crippen molar-refractivity contribution in [3.63, 3.8) is 0 Å². The molecule has 8 fully saturated rings. The summed E-state index contributed by atoms with van der Waals surface area (Å²) in [7, 11) is 0. The Labute approximate surface area is 307 Å². The number of fused-ring (bicyclic) bond motifs is 4. The van der Waals surface area contributed by atoms with E-state index in [4.69, 9.17) is 18.9 Å². The first-order valence-electron chi connectivity index (χ1n) is 20.6. The lowest BCUT2D eigenvalue weighted by Gasteiger charge is -2.62. The average molecular weight is 713 g/mol. The van der Waals surface area contributed by atoms with Crippen LogP contribution in [0.1, 0.15) is 121 Å². The molecule has 1 N–H and O–H groups in total. The van der Waals surface area contributed by atoms with Crippen LogP contribution in [0.25, 0.3) is 0 Å². The largest absolute Gasteiger partial charge is 0.457 e. The maximum atomic E-state index is 15.1. The molecule has 0 amide bonds. The third-order valence-corrected chi connectivity index (χ3v) is 17.3. The molecule has 3 aliphatic heterocycles. The fourth-order valence-corrected chi connectivity index (χ4v) is 14.7. The maximum Gasteiger partial charge on any atom is 0.303 e. The predicted octanol–water partition coefficient (Wildman–Crippen LogP) is 5.85. The molecule has 9 nitrogen and oxygen atoms in total. The average Bonchev–Trinajstić information content (AvgIpc) is 3.64. The molecule has 0 aromatic rings. The number of morpholine rings is 1. The van der Waals surface area contributed by atoms with Crippen LogP contribution < -0.4 is 0 Å². The highest BCUT2D eigenvalue weighted by Crippen LogP contribution is 2.89. The minimum Gasteiger partial charge on any atom is -0.457 e. The lowest BCUT2D eigenvalue weighted by molar-refractivity contribution is -0.252. The van der Waals surface area contributed by atoms with Gasteiger partial charge in [-0.3, -0.25) is 19.4 Å². The fourth-order valence-electron chi connectivity index (χ4n) is 14.7. The van der Waals surface area contributed by atoms with Crippen molar-refractivity contribution in [3.8, 4) is 0 Å². The molecule has 13 atom stereocenters. The van der Waals surface area contributed by atoms with Crippen molar-refractivity contribution in [1.29, 1.82) is 0 Å². The lowest BCUT2D eigenvalue weighted by Crippen LogP contribution is -2.64. The van der Waals surface area contributed by atoms with Crippen LogP contribution in [-0.2, 0) is 28.5 Å². The van der Waals surface area contributed by atoms with Crippen molar-refractivity contribution < 1.29 is 33.6 Å². The van der Waals surface area contributed by atoms with Gasteiger partial charge < -0.3 is 24.1 Å². The van der Waals surface area contributed by atoms with Gasteiger partial charge in [0.1, 0.15) is 6.10 Å². The fraction of sp³-hybridized carbons (Fsp3) is 0.952. The standard InChI is InChI=1S/C42H68N2O7/c1-24(2)44-20-27(21-44)43-17-18-48-32(22-43)51-31-13-14-41-23-42(41)16-15-39(9)33-25(3)19-28(36(38(7,8)47)49-26(4)45)50-34(33)35(46)40(39,10)30(42)12-11-29(41)37(31,5)6/h24-25,27-34,36,47H,11-23H2,1-10H3/t25-,28?,29+,30?,31+,32+,33+,34?,36+,39-,40-,41-,42?/m1/s1. The molecule has 4 unspecified atom stereocenters. The molecule has 288 valence electrons. The summed E-state index contributed by atoms with van der Waals surface area (Å²) < 4.78 is 25.8. The topological polar surface area (TPSA) is 97.8 Å². The molecule has 0 aromatic heterocycles. The summed E-state index contributed by atoms with van der Waals surface area (Å²) in [5.74, 6) is 1.10. The number of esters is 1. The number of carbonyl (C=O) groups is 2. The van der Waals surface area contributed by atoms with Crippen LogP contribution in [0.4, 0.5) is 0 Å². The number of nitrogens with zero attached hydrogens (tertiary/aromatic N) is 2. The Morgan fingerprint density at radius 1 is 1.00 bits per heavy atom. The van der Waals surface area contributed by atoms with Gasteiger partial charge in [0.2, 0.25) is 0 Å². The Morgan fingerprint density at radius 2 is 1.69 bits per heavy atom. The summed E-state index contributed by atoms with van der Waals surface area (Å²) in [5.41, 5.74) is -1.38. The smallest absolute Gasteiger partial charge is 0.303 e. The van der Waals surface area contributed by atoms with E-state index in [0.29, 0.717) is 30.3 Å². The van der Waals surface area contributed by atoms with Crippen molar-refractivity contribution in [3.05, 3.63) is 0 Å². The van der Waals surface area contributed by atoms with E-state index in [-0.39, 0.29) is 51.7 Å². The summed E-state index contributed by atoms with van der Waals surface area (Å²) in [4.78, 5) is 32.3. The van der Waals surface area contributed by atoms with E-state index in [1.807, 2.05) is 0 Å². The number of Topliss-reactive ketones (excluding diaryl/α,β-unsaturated/α-hetero) is 1. The number of hydrogen-bond donors (Lipinski definition) is 1. The van der Waals surface area contributed by atoms with E-state index in [0.717, 1.165) is 58.5 Å². The maximum absolute atomic E-state index is 15.1. The summed E-state index contributed by atoms with van der Waals surface area (Å²) in [6.07, 6.45) is 6.78. The zero-order chi connectivity index (χ0) is 36.7. The van der Waals surface area contributed by atoms with Crippen LogP contribution in [0.2, 0.25) is 0 Å². The van der Waals surface area contributed by atoms with Crippen LogP contribution in [0.15, 0.2) is 0 Å². The Morgan fingerprint density at radius 3 is 2.35 bits per heavy atom. The second-order valence-electron chi connectivity index (χ2n) is 20.7. The molecular formula is C42H68N2O7. The van der Waals surface area contributed by atoms with E-state index < -0.39 is 35.3 Å². The first-order valence-corrected chi connectivity index (χ1v) is 20.6. The SMILES string of the molecule is CC(=O)O[C@@H](C1C[C@@H](C)[C@H]2C(O1)C(=O)[C@@]1(C)C3CC[C@H]4C(C)(C)[C@@H](O[C@H]5CN(C6CN(C(C)C)C6)CCO5)CC[C@@]45CC35CC[C@]21C)C(C)(C)O. The third kappa shape index (κ3) is 5.12. The van der Waals surface area contributed by atoms with E-state index in [1.54, 1.807) is 13.8 Å². The third-order valence-electron chi connectivity index (χ3n) is 17.3. The first-order chi connectivity index (χ1) is 23.8. The zero-order valence-corrected chi connectivity index (χ0v) is 33.3. The van der Waals surface area contributed by atoms with Gasteiger partial charge in [0, 0.05) is 56.5 Å². The van der Waals surface area contributed by atoms with Gasteiger partial charge >= 0.3 is 5.97 Å². The number of ketones is 1.